The van der Waals surface area contributed by atoms with E-state index in [4.69, 9.17) is 23.2 Å². The van der Waals surface area contributed by atoms with Gasteiger partial charge in [-0.05, 0) is 23.8 Å². The molecule has 0 aliphatic carbocycles. The standard InChI is InChI=1S/C16H14Cl2N4S/c17-13-2-1-3-14(18)12(13)9-23-7-6-20-16-11-4-5-19-8-15(11)21-10-22-16/h1-5,8,10H,6-7,9H2,(H,20,21,22). The zero-order valence-electron chi connectivity index (χ0n) is 12.2. The van der Waals surface area contributed by atoms with Gasteiger partial charge in [0.25, 0.3) is 0 Å². The van der Waals surface area contributed by atoms with E-state index in [1.165, 1.54) is 0 Å². The molecule has 0 unspecified atom stereocenters. The molecule has 0 aliphatic rings. The average Bonchev–Trinajstić information content (AvgIpc) is 2.57. The highest BCUT2D eigenvalue weighted by molar-refractivity contribution is 7.98. The molecule has 0 atom stereocenters. The molecule has 0 fully saturated rings. The highest BCUT2D eigenvalue weighted by Crippen LogP contribution is 2.28. The molecule has 0 bridgehead atoms. The lowest BCUT2D eigenvalue weighted by Gasteiger charge is -2.09. The molecule has 3 aromatic rings. The Bertz CT molecular complexity index is 787. The van der Waals surface area contributed by atoms with E-state index < -0.39 is 0 Å². The van der Waals surface area contributed by atoms with E-state index in [0.29, 0.717) is 10.0 Å². The summed E-state index contributed by atoms with van der Waals surface area (Å²) in [5.41, 5.74) is 1.82. The summed E-state index contributed by atoms with van der Waals surface area (Å²) in [6, 6.07) is 7.50. The van der Waals surface area contributed by atoms with Gasteiger partial charge in [0.2, 0.25) is 0 Å². The number of hydrogen-bond donors (Lipinski definition) is 1. The van der Waals surface area contributed by atoms with Crippen molar-refractivity contribution in [2.45, 2.75) is 5.75 Å². The van der Waals surface area contributed by atoms with Crippen molar-refractivity contribution in [2.24, 2.45) is 0 Å². The van der Waals surface area contributed by atoms with Crippen molar-refractivity contribution in [1.82, 2.24) is 15.0 Å². The second-order valence-electron chi connectivity index (χ2n) is 4.79. The Morgan fingerprint density at radius 1 is 1.09 bits per heavy atom. The van der Waals surface area contributed by atoms with Gasteiger partial charge in [0, 0.05) is 39.7 Å². The second kappa shape index (κ2) is 7.81. The third-order valence-electron chi connectivity index (χ3n) is 3.29. The Morgan fingerprint density at radius 3 is 2.74 bits per heavy atom. The molecule has 2 heterocycles. The van der Waals surface area contributed by atoms with Gasteiger partial charge < -0.3 is 5.32 Å². The van der Waals surface area contributed by atoms with Crippen LogP contribution >= 0.6 is 35.0 Å². The van der Waals surface area contributed by atoms with Gasteiger partial charge in [0.05, 0.1) is 11.7 Å². The highest BCUT2D eigenvalue weighted by atomic mass is 35.5. The van der Waals surface area contributed by atoms with Crippen molar-refractivity contribution < 1.29 is 0 Å². The number of pyridine rings is 1. The van der Waals surface area contributed by atoms with Crippen molar-refractivity contribution in [3.05, 3.63) is 58.6 Å². The number of halogens is 2. The first-order chi connectivity index (χ1) is 11.3. The number of fused-ring (bicyclic) bond motifs is 1. The molecule has 0 saturated carbocycles. The molecule has 0 saturated heterocycles. The van der Waals surface area contributed by atoms with Crippen molar-refractivity contribution in [2.75, 3.05) is 17.6 Å². The highest BCUT2D eigenvalue weighted by Gasteiger charge is 2.06. The normalized spacial score (nSPS) is 10.9. The summed E-state index contributed by atoms with van der Waals surface area (Å²) in [6.45, 7) is 0.793. The fourth-order valence-corrected chi connectivity index (χ4v) is 3.73. The molecule has 7 heteroatoms. The SMILES string of the molecule is Clc1cccc(Cl)c1CSCCNc1ncnc2cnccc12. The molecule has 0 amide bonds. The Morgan fingerprint density at radius 2 is 1.91 bits per heavy atom. The lowest BCUT2D eigenvalue weighted by Crippen LogP contribution is -2.06. The Hall–Kier alpha value is -1.56. The van der Waals surface area contributed by atoms with Crippen LogP contribution in [0.3, 0.4) is 0 Å². The lowest BCUT2D eigenvalue weighted by atomic mass is 10.2. The maximum Gasteiger partial charge on any atom is 0.137 e. The second-order valence-corrected chi connectivity index (χ2v) is 6.71. The molecule has 4 nitrogen and oxygen atoms in total. The fraction of sp³-hybridized carbons (Fsp3) is 0.188. The van der Waals surface area contributed by atoms with E-state index in [9.17, 15) is 0 Å². The summed E-state index contributed by atoms with van der Waals surface area (Å²) in [6.07, 6.45) is 5.02. The van der Waals surface area contributed by atoms with Gasteiger partial charge >= 0.3 is 0 Å². The van der Waals surface area contributed by atoms with E-state index in [-0.39, 0.29) is 0 Å². The predicted molar refractivity (Wildman–Crippen MR) is 98.4 cm³/mol. The van der Waals surface area contributed by atoms with Gasteiger partial charge in [0.15, 0.2) is 0 Å². The van der Waals surface area contributed by atoms with Gasteiger partial charge in [-0.15, -0.1) is 0 Å². The van der Waals surface area contributed by atoms with Crippen molar-refractivity contribution in [1.29, 1.82) is 0 Å². The smallest absolute Gasteiger partial charge is 0.137 e. The van der Waals surface area contributed by atoms with E-state index in [0.717, 1.165) is 40.3 Å². The van der Waals surface area contributed by atoms with Crippen LogP contribution in [0.25, 0.3) is 10.9 Å². The number of rotatable bonds is 6. The zero-order valence-corrected chi connectivity index (χ0v) is 14.5. The molecule has 0 radical (unpaired) electrons. The zero-order chi connectivity index (χ0) is 16.1. The molecule has 2 aromatic heterocycles. The van der Waals surface area contributed by atoms with Gasteiger partial charge in [-0.1, -0.05) is 29.3 Å². The fourth-order valence-electron chi connectivity index (χ4n) is 2.13. The molecule has 1 aromatic carbocycles. The first-order valence-electron chi connectivity index (χ1n) is 7.05. The van der Waals surface area contributed by atoms with Gasteiger partial charge in [-0.2, -0.15) is 11.8 Å². The third kappa shape index (κ3) is 4.05. The summed E-state index contributed by atoms with van der Waals surface area (Å²) < 4.78 is 0. The molecular weight excluding hydrogens is 351 g/mol. The number of nitrogens with zero attached hydrogens (tertiary/aromatic N) is 3. The minimum absolute atomic E-state index is 0.715. The largest absolute Gasteiger partial charge is 0.369 e. The minimum atomic E-state index is 0.715. The Kier molecular flexibility index (Phi) is 5.54. The summed E-state index contributed by atoms with van der Waals surface area (Å²) in [7, 11) is 0. The summed E-state index contributed by atoms with van der Waals surface area (Å²) >= 11 is 14.1. The number of thioether (sulfide) groups is 1. The minimum Gasteiger partial charge on any atom is -0.369 e. The van der Waals surface area contributed by atoms with E-state index in [1.807, 2.05) is 24.3 Å². The monoisotopic (exact) mass is 364 g/mol. The van der Waals surface area contributed by atoms with Crippen molar-refractivity contribution >= 4 is 51.7 Å². The van der Waals surface area contributed by atoms with Crippen LogP contribution in [0.2, 0.25) is 10.0 Å². The summed E-state index contributed by atoms with van der Waals surface area (Å²) in [4.78, 5) is 12.6. The van der Waals surface area contributed by atoms with Crippen LogP contribution in [0.4, 0.5) is 5.82 Å². The van der Waals surface area contributed by atoms with E-state index in [1.54, 1.807) is 30.5 Å². The molecule has 0 aliphatic heterocycles. The van der Waals surface area contributed by atoms with Gasteiger partial charge in [0.1, 0.15) is 12.1 Å². The van der Waals surface area contributed by atoms with Gasteiger partial charge in [-0.25, -0.2) is 9.97 Å². The quantitative estimate of drug-likeness (QED) is 0.643. The topological polar surface area (TPSA) is 50.7 Å². The van der Waals surface area contributed by atoms with Crippen LogP contribution in [0.5, 0.6) is 0 Å². The van der Waals surface area contributed by atoms with Crippen LogP contribution < -0.4 is 5.32 Å². The van der Waals surface area contributed by atoms with E-state index >= 15 is 0 Å². The molecule has 1 N–H and O–H groups in total. The average molecular weight is 365 g/mol. The van der Waals surface area contributed by atoms with Crippen LogP contribution in [0, 0.1) is 0 Å². The Balaban J connectivity index is 1.54. The van der Waals surface area contributed by atoms with Crippen LogP contribution in [0.1, 0.15) is 5.56 Å². The first-order valence-corrected chi connectivity index (χ1v) is 8.96. The first kappa shape index (κ1) is 16.3. The number of hydrogen-bond acceptors (Lipinski definition) is 5. The molecule has 0 spiro atoms. The molecule has 3 rings (SSSR count). The van der Waals surface area contributed by atoms with E-state index in [2.05, 4.69) is 20.3 Å². The van der Waals surface area contributed by atoms with Crippen LogP contribution in [-0.4, -0.2) is 27.2 Å². The van der Waals surface area contributed by atoms with Gasteiger partial charge in [-0.3, -0.25) is 4.98 Å². The number of aromatic nitrogens is 3. The molecule has 118 valence electrons. The van der Waals surface area contributed by atoms with Crippen LogP contribution in [0.15, 0.2) is 43.0 Å². The van der Waals surface area contributed by atoms with Crippen molar-refractivity contribution in [3.8, 4) is 0 Å². The molecular formula is C16H14Cl2N4S. The lowest BCUT2D eigenvalue weighted by molar-refractivity contribution is 1.14. The van der Waals surface area contributed by atoms with Crippen molar-refractivity contribution in [3.63, 3.8) is 0 Å². The third-order valence-corrected chi connectivity index (χ3v) is 4.98. The number of anilines is 1. The maximum atomic E-state index is 6.17. The predicted octanol–water partition coefficient (Wildman–Crippen LogP) is 4.68. The number of nitrogens with one attached hydrogen (secondary N) is 1. The summed E-state index contributed by atoms with van der Waals surface area (Å²) in [5.74, 6) is 2.53. The maximum absolute atomic E-state index is 6.17. The Labute approximate surface area is 148 Å². The van der Waals surface area contributed by atoms with Crippen LogP contribution in [-0.2, 0) is 5.75 Å². The number of benzene rings is 1. The molecule has 23 heavy (non-hydrogen) atoms. The summed E-state index contributed by atoms with van der Waals surface area (Å²) in [5, 5.41) is 5.74.